The van der Waals surface area contributed by atoms with Gasteiger partial charge in [-0.05, 0) is 19.9 Å². The Labute approximate surface area is 91.6 Å². The number of nitrogens with one attached hydrogen (secondary N) is 1. The van der Waals surface area contributed by atoms with Crippen LogP contribution in [0.2, 0.25) is 0 Å². The third-order valence-corrected chi connectivity index (χ3v) is 3.47. The fraction of sp³-hybridized carbons (Fsp3) is 0.909. The van der Waals surface area contributed by atoms with E-state index in [0.29, 0.717) is 6.04 Å². The summed E-state index contributed by atoms with van der Waals surface area (Å²) in [6, 6.07) is 0.590. The van der Waals surface area contributed by atoms with Crippen LogP contribution in [0.15, 0.2) is 0 Å². The first-order valence-electron chi connectivity index (χ1n) is 6.00. The molecule has 0 atom stereocenters. The molecule has 4 heteroatoms. The normalized spacial score (nSPS) is 24.5. The minimum atomic E-state index is 0.148. The predicted octanol–water partition coefficient (Wildman–Crippen LogP) is 0.886. The SMILES string of the molecule is CN1CCN(C(=O)NC2CCCC2)CC1. The monoisotopic (exact) mass is 211 g/mol. The fourth-order valence-electron chi connectivity index (χ4n) is 2.35. The zero-order chi connectivity index (χ0) is 10.7. The zero-order valence-corrected chi connectivity index (χ0v) is 9.54. The lowest BCUT2D eigenvalue weighted by Gasteiger charge is -2.33. The second kappa shape index (κ2) is 4.84. The molecule has 0 aromatic heterocycles. The highest BCUT2D eigenvalue weighted by atomic mass is 16.2. The Morgan fingerprint density at radius 2 is 1.73 bits per heavy atom. The average Bonchev–Trinajstić information content (AvgIpc) is 2.71. The summed E-state index contributed by atoms with van der Waals surface area (Å²) in [4.78, 5) is 16.1. The number of rotatable bonds is 1. The largest absolute Gasteiger partial charge is 0.335 e. The molecular formula is C11H21N3O. The second-order valence-electron chi connectivity index (χ2n) is 4.72. The molecule has 0 radical (unpaired) electrons. The molecule has 2 fully saturated rings. The van der Waals surface area contributed by atoms with Crippen molar-refractivity contribution in [3.8, 4) is 0 Å². The van der Waals surface area contributed by atoms with E-state index in [1.807, 2.05) is 4.90 Å². The van der Waals surface area contributed by atoms with Gasteiger partial charge in [0.1, 0.15) is 0 Å². The third kappa shape index (κ3) is 2.84. The number of piperazine rings is 1. The Balaban J connectivity index is 1.75. The number of amides is 2. The van der Waals surface area contributed by atoms with Crippen molar-refractivity contribution in [3.05, 3.63) is 0 Å². The van der Waals surface area contributed by atoms with Crippen molar-refractivity contribution >= 4 is 6.03 Å². The molecular weight excluding hydrogens is 190 g/mol. The van der Waals surface area contributed by atoms with E-state index in [4.69, 9.17) is 0 Å². The molecule has 1 aliphatic heterocycles. The fourth-order valence-corrected chi connectivity index (χ4v) is 2.35. The number of likely N-dealkylation sites (N-methyl/N-ethyl adjacent to an activating group) is 1. The Hall–Kier alpha value is -0.770. The van der Waals surface area contributed by atoms with Crippen LogP contribution in [0, 0.1) is 0 Å². The number of hydrogen-bond donors (Lipinski definition) is 1. The Morgan fingerprint density at radius 1 is 1.13 bits per heavy atom. The maximum atomic E-state index is 11.9. The molecule has 0 aromatic rings. The summed E-state index contributed by atoms with van der Waals surface area (Å²) in [5, 5.41) is 3.13. The van der Waals surface area contributed by atoms with Crippen molar-refractivity contribution in [1.82, 2.24) is 15.1 Å². The third-order valence-electron chi connectivity index (χ3n) is 3.47. The molecule has 1 saturated carbocycles. The van der Waals surface area contributed by atoms with Gasteiger partial charge in [0.2, 0.25) is 0 Å². The van der Waals surface area contributed by atoms with Gasteiger partial charge in [-0.25, -0.2) is 4.79 Å². The lowest BCUT2D eigenvalue weighted by atomic mass is 10.2. The highest BCUT2D eigenvalue weighted by Gasteiger charge is 2.22. The van der Waals surface area contributed by atoms with Crippen LogP contribution in [0.4, 0.5) is 4.79 Å². The van der Waals surface area contributed by atoms with E-state index >= 15 is 0 Å². The number of urea groups is 1. The summed E-state index contributed by atoms with van der Waals surface area (Å²) in [5.41, 5.74) is 0. The van der Waals surface area contributed by atoms with E-state index in [1.54, 1.807) is 0 Å². The van der Waals surface area contributed by atoms with E-state index < -0.39 is 0 Å². The molecule has 4 nitrogen and oxygen atoms in total. The van der Waals surface area contributed by atoms with Crippen LogP contribution in [-0.4, -0.2) is 55.1 Å². The summed E-state index contributed by atoms with van der Waals surface area (Å²) < 4.78 is 0. The summed E-state index contributed by atoms with van der Waals surface area (Å²) in [5.74, 6) is 0. The first-order valence-corrected chi connectivity index (χ1v) is 6.00. The minimum absolute atomic E-state index is 0.148. The van der Waals surface area contributed by atoms with Gasteiger partial charge in [-0.3, -0.25) is 0 Å². The van der Waals surface area contributed by atoms with Crippen LogP contribution in [0.3, 0.4) is 0 Å². The van der Waals surface area contributed by atoms with Gasteiger partial charge in [-0.1, -0.05) is 12.8 Å². The molecule has 86 valence electrons. The Bertz CT molecular complexity index is 218. The zero-order valence-electron chi connectivity index (χ0n) is 9.54. The van der Waals surface area contributed by atoms with Crippen molar-refractivity contribution < 1.29 is 4.79 Å². The topological polar surface area (TPSA) is 35.6 Å². The molecule has 1 heterocycles. The summed E-state index contributed by atoms with van der Waals surface area (Å²) in [6.45, 7) is 3.74. The molecule has 0 aromatic carbocycles. The lowest BCUT2D eigenvalue weighted by molar-refractivity contribution is 0.152. The van der Waals surface area contributed by atoms with Crippen LogP contribution >= 0.6 is 0 Å². The molecule has 15 heavy (non-hydrogen) atoms. The molecule has 2 amide bonds. The van der Waals surface area contributed by atoms with Crippen LogP contribution in [0.1, 0.15) is 25.7 Å². The lowest BCUT2D eigenvalue weighted by Crippen LogP contribution is -2.52. The van der Waals surface area contributed by atoms with Crippen LogP contribution in [0.25, 0.3) is 0 Å². The number of nitrogens with zero attached hydrogens (tertiary/aromatic N) is 2. The van der Waals surface area contributed by atoms with Crippen molar-refractivity contribution in [2.75, 3.05) is 33.2 Å². The molecule has 1 aliphatic carbocycles. The van der Waals surface area contributed by atoms with Gasteiger partial charge >= 0.3 is 6.03 Å². The summed E-state index contributed by atoms with van der Waals surface area (Å²) in [6.07, 6.45) is 4.88. The van der Waals surface area contributed by atoms with Crippen molar-refractivity contribution in [1.29, 1.82) is 0 Å². The molecule has 0 spiro atoms. The van der Waals surface area contributed by atoms with Crippen molar-refractivity contribution in [3.63, 3.8) is 0 Å². The van der Waals surface area contributed by atoms with E-state index in [2.05, 4.69) is 17.3 Å². The minimum Gasteiger partial charge on any atom is -0.335 e. The Morgan fingerprint density at radius 3 is 2.33 bits per heavy atom. The van der Waals surface area contributed by atoms with Gasteiger partial charge in [0, 0.05) is 32.2 Å². The van der Waals surface area contributed by atoms with Crippen LogP contribution in [0.5, 0.6) is 0 Å². The molecule has 0 unspecified atom stereocenters. The summed E-state index contributed by atoms with van der Waals surface area (Å²) >= 11 is 0. The van der Waals surface area contributed by atoms with Crippen molar-refractivity contribution in [2.45, 2.75) is 31.7 Å². The van der Waals surface area contributed by atoms with E-state index in [9.17, 15) is 4.79 Å². The van der Waals surface area contributed by atoms with E-state index in [0.717, 1.165) is 26.2 Å². The van der Waals surface area contributed by atoms with Crippen LogP contribution in [-0.2, 0) is 0 Å². The summed E-state index contributed by atoms with van der Waals surface area (Å²) in [7, 11) is 2.10. The number of carbonyl (C=O) groups is 1. The Kier molecular flexibility index (Phi) is 3.46. The highest BCUT2D eigenvalue weighted by molar-refractivity contribution is 5.74. The molecule has 2 rings (SSSR count). The quantitative estimate of drug-likeness (QED) is 0.699. The molecule has 2 aliphatic rings. The second-order valence-corrected chi connectivity index (χ2v) is 4.72. The smallest absolute Gasteiger partial charge is 0.317 e. The first-order chi connectivity index (χ1) is 7.25. The van der Waals surface area contributed by atoms with Crippen molar-refractivity contribution in [2.24, 2.45) is 0 Å². The van der Waals surface area contributed by atoms with Gasteiger partial charge in [0.25, 0.3) is 0 Å². The predicted molar refractivity (Wildman–Crippen MR) is 59.9 cm³/mol. The van der Waals surface area contributed by atoms with Gasteiger partial charge in [0.05, 0.1) is 0 Å². The average molecular weight is 211 g/mol. The molecule has 1 N–H and O–H groups in total. The maximum Gasteiger partial charge on any atom is 0.317 e. The molecule has 0 bridgehead atoms. The van der Waals surface area contributed by atoms with Gasteiger partial charge in [-0.15, -0.1) is 0 Å². The number of hydrogen-bond acceptors (Lipinski definition) is 2. The first kappa shape index (κ1) is 10.7. The van der Waals surface area contributed by atoms with E-state index in [1.165, 1.54) is 25.7 Å². The van der Waals surface area contributed by atoms with Gasteiger partial charge in [0.15, 0.2) is 0 Å². The number of carbonyl (C=O) groups excluding carboxylic acids is 1. The standard InChI is InChI=1S/C11H21N3O/c1-13-6-8-14(9-7-13)11(15)12-10-4-2-3-5-10/h10H,2-9H2,1H3,(H,12,15). The van der Waals surface area contributed by atoms with Gasteiger partial charge < -0.3 is 15.1 Å². The van der Waals surface area contributed by atoms with Crippen LogP contribution < -0.4 is 5.32 Å². The van der Waals surface area contributed by atoms with Gasteiger partial charge in [-0.2, -0.15) is 0 Å². The maximum absolute atomic E-state index is 11.9. The highest BCUT2D eigenvalue weighted by Crippen LogP contribution is 2.17. The molecule has 1 saturated heterocycles. The van der Waals surface area contributed by atoms with E-state index in [-0.39, 0.29) is 6.03 Å².